The van der Waals surface area contributed by atoms with Gasteiger partial charge in [0.1, 0.15) is 0 Å². The molecule has 2 aromatic rings. The molecule has 0 unspecified atom stereocenters. The molecular weight excluding hydrogens is 321 g/mol. The molecule has 0 saturated heterocycles. The van der Waals surface area contributed by atoms with Crippen LogP contribution in [-0.4, -0.2) is 12.1 Å². The molecule has 1 amide bonds. The number of amides is 1. The Morgan fingerprint density at radius 1 is 1.00 bits per heavy atom. The summed E-state index contributed by atoms with van der Waals surface area (Å²) >= 11 is 0. The van der Waals surface area contributed by atoms with Crippen LogP contribution in [0.4, 0.5) is 24.5 Å². The lowest BCUT2D eigenvalue weighted by Gasteiger charge is -2.07. The first-order valence-corrected chi connectivity index (χ1v) is 6.40. The fourth-order valence-corrected chi connectivity index (χ4v) is 1.48. The molecule has 0 heterocycles. The number of nitrogens with one attached hydrogen (secondary N) is 1. The van der Waals surface area contributed by atoms with E-state index in [0.29, 0.717) is 11.3 Å². The number of nitrogens with two attached hydrogens (primary N) is 1. The fraction of sp³-hybridized carbons (Fsp3) is 0.0625. The van der Waals surface area contributed by atoms with Crippen molar-refractivity contribution in [2.45, 2.75) is 6.18 Å². The number of hydrogen-bond acceptors (Lipinski definition) is 4. The molecule has 24 heavy (non-hydrogen) atoms. The van der Waals surface area contributed by atoms with Crippen LogP contribution < -0.4 is 11.1 Å². The van der Waals surface area contributed by atoms with Gasteiger partial charge in [-0.25, -0.2) is 0 Å². The van der Waals surface area contributed by atoms with E-state index in [0.717, 1.165) is 6.07 Å². The molecule has 0 radical (unpaired) electrons. The molecule has 0 bridgehead atoms. The van der Waals surface area contributed by atoms with Crippen LogP contribution >= 0.6 is 0 Å². The van der Waals surface area contributed by atoms with Crippen molar-refractivity contribution in [2.24, 2.45) is 0 Å². The summed E-state index contributed by atoms with van der Waals surface area (Å²) in [5, 5.41) is 18.5. The lowest BCUT2D eigenvalue weighted by atomic mass is 10.2. The van der Waals surface area contributed by atoms with E-state index in [9.17, 15) is 18.0 Å². The zero-order valence-corrected chi connectivity index (χ0v) is 12.1. The number of rotatable bonds is 1. The maximum atomic E-state index is 11.8. The van der Waals surface area contributed by atoms with Crippen molar-refractivity contribution in [1.29, 1.82) is 10.5 Å². The molecule has 0 spiro atoms. The summed E-state index contributed by atoms with van der Waals surface area (Å²) in [5.41, 5.74) is 6.74. The number of benzene rings is 2. The summed E-state index contributed by atoms with van der Waals surface area (Å²) in [6, 6.07) is 15.8. The molecule has 0 fully saturated rings. The molecule has 0 saturated carbocycles. The molecule has 0 aliphatic rings. The van der Waals surface area contributed by atoms with Crippen LogP contribution in [0, 0.1) is 22.7 Å². The first-order chi connectivity index (χ1) is 11.3. The Hall–Kier alpha value is -3.52. The van der Waals surface area contributed by atoms with Gasteiger partial charge in [0.2, 0.25) is 0 Å². The third-order valence-corrected chi connectivity index (χ3v) is 2.52. The number of hydrogen-bond donors (Lipinski definition) is 2. The number of nitrogen functional groups attached to an aromatic ring is 1. The minimum atomic E-state index is -4.93. The first-order valence-electron chi connectivity index (χ1n) is 6.40. The van der Waals surface area contributed by atoms with Crippen molar-refractivity contribution in [3.8, 4) is 12.1 Å². The monoisotopic (exact) mass is 332 g/mol. The van der Waals surface area contributed by atoms with E-state index in [1.54, 1.807) is 35.7 Å². The highest BCUT2D eigenvalue weighted by atomic mass is 19.4. The Bertz CT molecular complexity index is 804. The quantitative estimate of drug-likeness (QED) is 0.783. The normalized spacial score (nSPS) is 9.71. The number of alkyl halides is 3. The van der Waals surface area contributed by atoms with E-state index < -0.39 is 12.1 Å². The number of anilines is 2. The summed E-state index contributed by atoms with van der Waals surface area (Å²) in [6.07, 6.45) is -4.93. The van der Waals surface area contributed by atoms with Crippen molar-refractivity contribution in [3.63, 3.8) is 0 Å². The molecule has 2 rings (SSSR count). The zero-order valence-electron chi connectivity index (χ0n) is 12.1. The molecule has 3 N–H and O–H groups in total. The van der Waals surface area contributed by atoms with E-state index >= 15 is 0 Å². The van der Waals surface area contributed by atoms with Gasteiger partial charge < -0.3 is 11.1 Å². The third kappa shape index (κ3) is 6.08. The van der Waals surface area contributed by atoms with E-state index in [1.165, 1.54) is 18.2 Å². The van der Waals surface area contributed by atoms with Crippen molar-refractivity contribution in [1.82, 2.24) is 0 Å². The smallest absolute Gasteiger partial charge is 0.399 e. The highest BCUT2D eigenvalue weighted by molar-refractivity contribution is 5.95. The SMILES string of the molecule is N#Cc1cccc(N)c1.N#Cc1cccc(NC(=O)C(F)(F)F)c1. The predicted octanol–water partition coefficient (Wildman–Crippen LogP) is 3.20. The van der Waals surface area contributed by atoms with Crippen LogP contribution in [-0.2, 0) is 4.79 Å². The molecule has 0 aromatic heterocycles. The van der Waals surface area contributed by atoms with Crippen LogP contribution in [0.15, 0.2) is 48.5 Å². The molecular formula is C16H11F3N4O. The van der Waals surface area contributed by atoms with Gasteiger partial charge in [-0.3, -0.25) is 4.79 Å². The van der Waals surface area contributed by atoms with Gasteiger partial charge in [-0.1, -0.05) is 12.1 Å². The van der Waals surface area contributed by atoms with Crippen LogP contribution in [0.3, 0.4) is 0 Å². The highest BCUT2D eigenvalue weighted by Gasteiger charge is 2.38. The Kier molecular flexibility index (Phi) is 6.33. The molecule has 0 aliphatic carbocycles. The Balaban J connectivity index is 0.000000272. The average molecular weight is 332 g/mol. The summed E-state index contributed by atoms with van der Waals surface area (Å²) in [7, 11) is 0. The molecule has 122 valence electrons. The van der Waals surface area contributed by atoms with Gasteiger partial charge in [0.25, 0.3) is 0 Å². The van der Waals surface area contributed by atoms with Gasteiger partial charge in [0.15, 0.2) is 0 Å². The average Bonchev–Trinajstić information content (AvgIpc) is 2.54. The molecule has 5 nitrogen and oxygen atoms in total. The summed E-state index contributed by atoms with van der Waals surface area (Å²) < 4.78 is 35.5. The molecule has 8 heteroatoms. The number of nitrogens with zero attached hydrogens (tertiary/aromatic N) is 2. The van der Waals surface area contributed by atoms with Crippen LogP contribution in [0.2, 0.25) is 0 Å². The maximum absolute atomic E-state index is 11.8. The van der Waals surface area contributed by atoms with E-state index in [2.05, 4.69) is 0 Å². The number of carbonyl (C=O) groups excluding carboxylic acids is 1. The van der Waals surface area contributed by atoms with E-state index in [4.69, 9.17) is 16.3 Å². The van der Waals surface area contributed by atoms with Crippen molar-refractivity contribution in [2.75, 3.05) is 11.1 Å². The van der Waals surface area contributed by atoms with E-state index in [1.807, 2.05) is 6.07 Å². The first kappa shape index (κ1) is 18.5. The second-order valence-corrected chi connectivity index (χ2v) is 4.38. The van der Waals surface area contributed by atoms with Crippen LogP contribution in [0.5, 0.6) is 0 Å². The van der Waals surface area contributed by atoms with Crippen molar-refractivity contribution >= 4 is 17.3 Å². The zero-order chi connectivity index (χ0) is 18.2. The van der Waals surface area contributed by atoms with Gasteiger partial charge in [-0.2, -0.15) is 23.7 Å². The number of carbonyl (C=O) groups is 1. The largest absolute Gasteiger partial charge is 0.471 e. The van der Waals surface area contributed by atoms with Gasteiger partial charge >= 0.3 is 12.1 Å². The molecule has 0 atom stereocenters. The van der Waals surface area contributed by atoms with Crippen molar-refractivity contribution < 1.29 is 18.0 Å². The topological polar surface area (TPSA) is 103 Å². The standard InChI is InChI=1S/C9H5F3N2O.C7H6N2/c10-9(11,12)8(15)14-7-3-1-2-6(4-7)5-13;8-5-6-2-1-3-7(9)4-6/h1-4H,(H,14,15);1-4H,9H2. The predicted molar refractivity (Wildman–Crippen MR) is 81.4 cm³/mol. The van der Waals surface area contributed by atoms with Gasteiger partial charge in [0.05, 0.1) is 23.3 Å². The lowest BCUT2D eigenvalue weighted by Crippen LogP contribution is -2.29. The summed E-state index contributed by atoms with van der Waals surface area (Å²) in [4.78, 5) is 10.5. The second-order valence-electron chi connectivity index (χ2n) is 4.38. The van der Waals surface area contributed by atoms with Gasteiger partial charge in [0, 0.05) is 11.4 Å². The number of halogens is 3. The molecule has 0 aliphatic heterocycles. The Morgan fingerprint density at radius 3 is 2.00 bits per heavy atom. The second kappa shape index (κ2) is 8.20. The Morgan fingerprint density at radius 2 is 1.54 bits per heavy atom. The number of nitriles is 2. The Labute approximate surface area is 135 Å². The minimum Gasteiger partial charge on any atom is -0.399 e. The van der Waals surface area contributed by atoms with E-state index in [-0.39, 0.29) is 11.3 Å². The van der Waals surface area contributed by atoms with Gasteiger partial charge in [-0.15, -0.1) is 0 Å². The maximum Gasteiger partial charge on any atom is 0.471 e. The fourth-order valence-electron chi connectivity index (χ4n) is 1.48. The highest BCUT2D eigenvalue weighted by Crippen LogP contribution is 2.18. The lowest BCUT2D eigenvalue weighted by molar-refractivity contribution is -0.167. The third-order valence-electron chi connectivity index (χ3n) is 2.52. The molecule has 2 aromatic carbocycles. The minimum absolute atomic E-state index is 0.0589. The van der Waals surface area contributed by atoms with Gasteiger partial charge in [-0.05, 0) is 36.4 Å². The summed E-state index contributed by atoms with van der Waals surface area (Å²) in [6.45, 7) is 0. The summed E-state index contributed by atoms with van der Waals surface area (Å²) in [5.74, 6) is -2.06. The van der Waals surface area contributed by atoms with Crippen LogP contribution in [0.25, 0.3) is 0 Å². The van der Waals surface area contributed by atoms with Crippen LogP contribution in [0.1, 0.15) is 11.1 Å². The van der Waals surface area contributed by atoms with Crippen molar-refractivity contribution in [3.05, 3.63) is 59.7 Å².